The fourth-order valence-electron chi connectivity index (χ4n) is 1.82. The summed E-state index contributed by atoms with van der Waals surface area (Å²) in [5, 5.41) is 2.87. The average molecular weight is 452 g/mol. The van der Waals surface area contributed by atoms with Crippen molar-refractivity contribution in [1.29, 1.82) is 0 Å². The lowest BCUT2D eigenvalue weighted by molar-refractivity contribution is -0.117. The summed E-state index contributed by atoms with van der Waals surface area (Å²) in [7, 11) is -3.99. The predicted octanol–water partition coefficient (Wildman–Crippen LogP) is 4.06. The summed E-state index contributed by atoms with van der Waals surface area (Å²) >= 11 is 15.0. The second-order valence-electron chi connectivity index (χ2n) is 4.91. The highest BCUT2D eigenvalue weighted by Gasteiger charge is 2.24. The van der Waals surface area contributed by atoms with Crippen molar-refractivity contribution in [2.45, 2.75) is 17.9 Å². The smallest absolute Gasteiger partial charge is 0.242 e. The Balaban J connectivity index is 2.12. The molecule has 0 fully saturated rings. The van der Waals surface area contributed by atoms with Crippen molar-refractivity contribution < 1.29 is 13.2 Å². The number of hydrogen-bond donors (Lipinski definition) is 2. The van der Waals surface area contributed by atoms with Gasteiger partial charge in [-0.1, -0.05) is 39.1 Å². The van der Waals surface area contributed by atoms with Gasteiger partial charge in [0.25, 0.3) is 0 Å². The molecule has 24 heavy (non-hydrogen) atoms. The van der Waals surface area contributed by atoms with Gasteiger partial charge >= 0.3 is 0 Å². The number of rotatable bonds is 5. The summed E-state index contributed by atoms with van der Waals surface area (Å²) in [6.07, 6.45) is 0. The third-order valence-electron chi connectivity index (χ3n) is 3.02. The number of amides is 1. The number of benzene rings is 2. The van der Waals surface area contributed by atoms with Crippen LogP contribution in [0.1, 0.15) is 6.92 Å². The highest BCUT2D eigenvalue weighted by molar-refractivity contribution is 9.10. The molecule has 0 spiro atoms. The maximum atomic E-state index is 12.4. The molecule has 2 N–H and O–H groups in total. The number of hydrogen-bond acceptors (Lipinski definition) is 3. The Morgan fingerprint density at radius 1 is 1.12 bits per heavy atom. The molecule has 0 aliphatic rings. The average Bonchev–Trinajstić information content (AvgIpc) is 2.51. The first-order chi connectivity index (χ1) is 11.2. The van der Waals surface area contributed by atoms with E-state index >= 15 is 0 Å². The van der Waals surface area contributed by atoms with Gasteiger partial charge in [-0.15, -0.1) is 0 Å². The second-order valence-corrected chi connectivity index (χ2v) is 8.36. The lowest BCUT2D eigenvalue weighted by Crippen LogP contribution is -2.41. The van der Waals surface area contributed by atoms with E-state index < -0.39 is 22.0 Å². The minimum Gasteiger partial charge on any atom is -0.325 e. The minimum atomic E-state index is -3.99. The molecule has 0 aromatic heterocycles. The molecule has 1 unspecified atom stereocenters. The van der Waals surface area contributed by atoms with Crippen LogP contribution in [0.5, 0.6) is 0 Å². The maximum absolute atomic E-state index is 12.4. The summed E-state index contributed by atoms with van der Waals surface area (Å²) in [5.41, 5.74) is 0.551. The maximum Gasteiger partial charge on any atom is 0.242 e. The van der Waals surface area contributed by atoms with Crippen LogP contribution in [-0.4, -0.2) is 20.4 Å². The summed E-state index contributed by atoms with van der Waals surface area (Å²) in [4.78, 5) is 12.0. The molecule has 5 nitrogen and oxygen atoms in total. The van der Waals surface area contributed by atoms with Crippen LogP contribution in [0.25, 0.3) is 0 Å². The van der Waals surface area contributed by atoms with Crippen molar-refractivity contribution in [1.82, 2.24) is 4.72 Å². The SMILES string of the molecule is CC(NS(=O)(=O)c1cc(Cl)ccc1Cl)C(=O)Nc1ccc(Br)cc1. The van der Waals surface area contributed by atoms with Gasteiger partial charge in [0, 0.05) is 15.2 Å². The number of carbonyl (C=O) groups is 1. The standard InChI is InChI=1S/C15H13BrCl2N2O3S/c1-9(15(21)19-12-5-2-10(16)3-6-12)20-24(22,23)14-8-11(17)4-7-13(14)18/h2-9,20H,1H3,(H,19,21). The Morgan fingerprint density at radius 3 is 2.38 bits per heavy atom. The van der Waals surface area contributed by atoms with Crippen LogP contribution in [0, 0.1) is 0 Å². The summed E-state index contributed by atoms with van der Waals surface area (Å²) < 4.78 is 27.9. The van der Waals surface area contributed by atoms with Gasteiger partial charge in [-0.3, -0.25) is 4.79 Å². The molecule has 2 rings (SSSR count). The lowest BCUT2D eigenvalue weighted by atomic mass is 10.3. The monoisotopic (exact) mass is 450 g/mol. The van der Waals surface area contributed by atoms with Crippen molar-refractivity contribution in [3.05, 3.63) is 57.0 Å². The molecule has 0 heterocycles. The molecule has 1 amide bonds. The van der Waals surface area contributed by atoms with E-state index in [0.717, 1.165) is 4.47 Å². The number of halogens is 3. The summed E-state index contributed by atoms with van der Waals surface area (Å²) in [5.74, 6) is -0.501. The van der Waals surface area contributed by atoms with Crippen LogP contribution in [0.2, 0.25) is 10.0 Å². The van der Waals surface area contributed by atoms with Crippen LogP contribution < -0.4 is 10.0 Å². The van der Waals surface area contributed by atoms with Gasteiger partial charge in [-0.25, -0.2) is 8.42 Å². The van der Waals surface area contributed by atoms with E-state index in [9.17, 15) is 13.2 Å². The predicted molar refractivity (Wildman–Crippen MR) is 99.0 cm³/mol. The van der Waals surface area contributed by atoms with E-state index in [1.54, 1.807) is 24.3 Å². The van der Waals surface area contributed by atoms with Crippen molar-refractivity contribution >= 4 is 60.7 Å². The van der Waals surface area contributed by atoms with Crippen LogP contribution in [0.3, 0.4) is 0 Å². The zero-order chi connectivity index (χ0) is 17.9. The molecule has 0 bridgehead atoms. The third kappa shape index (κ3) is 4.94. The zero-order valence-corrected chi connectivity index (χ0v) is 16.3. The molecule has 2 aromatic rings. The fraction of sp³-hybridized carbons (Fsp3) is 0.133. The highest BCUT2D eigenvalue weighted by Crippen LogP contribution is 2.25. The Kier molecular flexibility index (Phi) is 6.28. The van der Waals surface area contributed by atoms with E-state index in [4.69, 9.17) is 23.2 Å². The van der Waals surface area contributed by atoms with Gasteiger partial charge in [0.2, 0.25) is 15.9 Å². The molecule has 128 valence electrons. The summed E-state index contributed by atoms with van der Waals surface area (Å²) in [6, 6.07) is 9.98. The number of nitrogens with one attached hydrogen (secondary N) is 2. The van der Waals surface area contributed by atoms with Crippen LogP contribution in [-0.2, 0) is 14.8 Å². The molecule has 0 saturated heterocycles. The van der Waals surface area contributed by atoms with E-state index in [-0.39, 0.29) is 14.9 Å². The van der Waals surface area contributed by atoms with Crippen molar-refractivity contribution in [2.24, 2.45) is 0 Å². The van der Waals surface area contributed by atoms with Crippen LogP contribution in [0.15, 0.2) is 51.8 Å². The van der Waals surface area contributed by atoms with E-state index in [1.807, 2.05) is 0 Å². The summed E-state index contributed by atoms with van der Waals surface area (Å²) in [6.45, 7) is 1.43. The molecular formula is C15H13BrCl2N2O3S. The van der Waals surface area contributed by atoms with Gasteiger partial charge in [0.15, 0.2) is 0 Å². The van der Waals surface area contributed by atoms with Gasteiger partial charge in [-0.05, 0) is 49.4 Å². The van der Waals surface area contributed by atoms with Crippen LogP contribution in [0.4, 0.5) is 5.69 Å². The van der Waals surface area contributed by atoms with E-state index in [2.05, 4.69) is 26.0 Å². The number of carbonyl (C=O) groups excluding carboxylic acids is 1. The topological polar surface area (TPSA) is 75.3 Å². The first-order valence-electron chi connectivity index (χ1n) is 6.73. The highest BCUT2D eigenvalue weighted by atomic mass is 79.9. The molecule has 1 atom stereocenters. The molecule has 0 radical (unpaired) electrons. The molecule has 0 aliphatic carbocycles. The Hall–Kier alpha value is -1.12. The van der Waals surface area contributed by atoms with Gasteiger partial charge in [-0.2, -0.15) is 4.72 Å². The Morgan fingerprint density at radius 2 is 1.75 bits per heavy atom. The third-order valence-corrected chi connectivity index (χ3v) is 5.81. The number of anilines is 1. The van der Waals surface area contributed by atoms with Gasteiger partial charge < -0.3 is 5.32 Å². The largest absolute Gasteiger partial charge is 0.325 e. The Bertz CT molecular complexity index is 858. The Labute approximate surface area is 158 Å². The molecule has 0 saturated carbocycles. The van der Waals surface area contributed by atoms with Gasteiger partial charge in [0.1, 0.15) is 4.90 Å². The quantitative estimate of drug-likeness (QED) is 0.719. The minimum absolute atomic E-state index is 0.0208. The molecule has 2 aromatic carbocycles. The van der Waals surface area contributed by atoms with E-state index in [0.29, 0.717) is 5.69 Å². The van der Waals surface area contributed by atoms with Crippen molar-refractivity contribution in [2.75, 3.05) is 5.32 Å². The van der Waals surface area contributed by atoms with Crippen LogP contribution >= 0.6 is 39.1 Å². The van der Waals surface area contributed by atoms with Crippen molar-refractivity contribution in [3.8, 4) is 0 Å². The first kappa shape index (κ1) is 19.2. The second kappa shape index (κ2) is 7.84. The number of sulfonamides is 1. The molecular weight excluding hydrogens is 439 g/mol. The first-order valence-corrected chi connectivity index (χ1v) is 9.76. The molecule has 9 heteroatoms. The van der Waals surface area contributed by atoms with Gasteiger partial charge in [0.05, 0.1) is 11.1 Å². The lowest BCUT2D eigenvalue weighted by Gasteiger charge is -2.15. The molecule has 0 aliphatic heterocycles. The zero-order valence-electron chi connectivity index (χ0n) is 12.4. The normalized spacial score (nSPS) is 12.7. The fourth-order valence-corrected chi connectivity index (χ4v) is 4.05. The van der Waals surface area contributed by atoms with Crippen molar-refractivity contribution in [3.63, 3.8) is 0 Å². The van der Waals surface area contributed by atoms with E-state index in [1.165, 1.54) is 25.1 Å².